The average Bonchev–Trinajstić information content (AvgIpc) is 2.37. The number of carbonyl (C=O) groups excluding carboxylic acids is 1. The first-order valence-electron chi connectivity index (χ1n) is 6.54. The third kappa shape index (κ3) is 2.38. The van der Waals surface area contributed by atoms with Crippen molar-refractivity contribution >= 4 is 5.78 Å². The lowest BCUT2D eigenvalue weighted by atomic mass is 9.78. The molecule has 1 aliphatic rings. The summed E-state index contributed by atoms with van der Waals surface area (Å²) >= 11 is 0. The highest BCUT2D eigenvalue weighted by atomic mass is 16.5. The van der Waals surface area contributed by atoms with Gasteiger partial charge in [0, 0.05) is 6.54 Å². The van der Waals surface area contributed by atoms with E-state index in [0.717, 1.165) is 5.56 Å². The molecule has 0 amide bonds. The topological polar surface area (TPSA) is 61.5 Å². The van der Waals surface area contributed by atoms with Gasteiger partial charge in [0.2, 0.25) is 0 Å². The lowest BCUT2D eigenvalue weighted by molar-refractivity contribution is -0.0816. The summed E-state index contributed by atoms with van der Waals surface area (Å²) in [5.74, 6) is 0.999. The largest absolute Gasteiger partial charge is 0.496 e. The monoisotopic (exact) mass is 263 g/mol. The molecule has 1 saturated heterocycles. The molecular formula is C15H21NO3. The van der Waals surface area contributed by atoms with Gasteiger partial charge in [-0.15, -0.1) is 0 Å². The van der Waals surface area contributed by atoms with Crippen molar-refractivity contribution in [2.45, 2.75) is 19.8 Å². The van der Waals surface area contributed by atoms with Crippen LogP contribution in [0.15, 0.2) is 18.2 Å². The fourth-order valence-electron chi connectivity index (χ4n) is 2.24. The predicted molar refractivity (Wildman–Crippen MR) is 73.7 cm³/mol. The van der Waals surface area contributed by atoms with Crippen LogP contribution in [-0.4, -0.2) is 32.7 Å². The molecule has 0 aromatic heterocycles. The maximum absolute atomic E-state index is 12.7. The molecule has 0 saturated carbocycles. The normalized spacial score (nSPS) is 17.1. The van der Waals surface area contributed by atoms with Gasteiger partial charge in [0.1, 0.15) is 5.75 Å². The molecule has 2 rings (SSSR count). The van der Waals surface area contributed by atoms with Crippen LogP contribution in [0.1, 0.15) is 35.7 Å². The van der Waals surface area contributed by atoms with Gasteiger partial charge in [-0.2, -0.15) is 0 Å². The smallest absolute Gasteiger partial charge is 0.178 e. The molecule has 19 heavy (non-hydrogen) atoms. The Labute approximate surface area is 113 Å². The van der Waals surface area contributed by atoms with Crippen LogP contribution in [0.4, 0.5) is 0 Å². The summed E-state index contributed by atoms with van der Waals surface area (Å²) in [5, 5.41) is 0. The molecule has 104 valence electrons. The maximum Gasteiger partial charge on any atom is 0.178 e. The van der Waals surface area contributed by atoms with Crippen molar-refractivity contribution in [2.24, 2.45) is 11.1 Å². The molecule has 4 nitrogen and oxygen atoms in total. The molecular weight excluding hydrogens is 242 g/mol. The van der Waals surface area contributed by atoms with E-state index in [4.69, 9.17) is 15.2 Å². The minimum atomic E-state index is -0.567. The zero-order valence-electron chi connectivity index (χ0n) is 11.7. The Kier molecular flexibility index (Phi) is 3.92. The molecule has 1 aromatic carbocycles. The Morgan fingerprint density at radius 2 is 2.16 bits per heavy atom. The zero-order chi connectivity index (χ0) is 14.0. The number of hydrogen-bond donors (Lipinski definition) is 1. The van der Waals surface area contributed by atoms with E-state index in [0.29, 0.717) is 37.0 Å². The second-order valence-corrected chi connectivity index (χ2v) is 5.42. The van der Waals surface area contributed by atoms with E-state index in [1.807, 2.05) is 18.2 Å². The number of rotatable bonds is 5. The lowest BCUT2D eigenvalue weighted by Gasteiger charge is -2.39. The van der Waals surface area contributed by atoms with Gasteiger partial charge in [-0.1, -0.05) is 19.9 Å². The van der Waals surface area contributed by atoms with E-state index in [1.54, 1.807) is 7.11 Å². The molecule has 0 bridgehead atoms. The number of Topliss-reactive ketones (excluding diaryl/α,β-unsaturated/α-hetero) is 1. The summed E-state index contributed by atoms with van der Waals surface area (Å²) in [5.41, 5.74) is 6.92. The molecule has 2 N–H and O–H groups in total. The van der Waals surface area contributed by atoms with Gasteiger partial charge < -0.3 is 15.2 Å². The van der Waals surface area contributed by atoms with E-state index in [9.17, 15) is 4.79 Å². The highest BCUT2D eigenvalue weighted by Gasteiger charge is 2.45. The molecule has 4 heteroatoms. The van der Waals surface area contributed by atoms with Gasteiger partial charge >= 0.3 is 0 Å². The molecule has 1 fully saturated rings. The molecule has 0 unspecified atom stereocenters. The Bertz CT molecular complexity index is 473. The second kappa shape index (κ2) is 5.31. The number of carbonyl (C=O) groups is 1. The third-order valence-electron chi connectivity index (χ3n) is 3.76. The van der Waals surface area contributed by atoms with Crippen LogP contribution in [0.5, 0.6) is 5.75 Å². The van der Waals surface area contributed by atoms with E-state index in [1.165, 1.54) is 0 Å². The van der Waals surface area contributed by atoms with Crippen LogP contribution in [0, 0.1) is 5.41 Å². The molecule has 0 radical (unpaired) electrons. The van der Waals surface area contributed by atoms with Crippen molar-refractivity contribution in [3.8, 4) is 5.75 Å². The van der Waals surface area contributed by atoms with Gasteiger partial charge in [0.05, 0.1) is 31.3 Å². The lowest BCUT2D eigenvalue weighted by Crippen LogP contribution is -2.54. The van der Waals surface area contributed by atoms with E-state index >= 15 is 0 Å². The molecule has 0 spiro atoms. The fourth-order valence-corrected chi connectivity index (χ4v) is 2.24. The fraction of sp³-hybridized carbons (Fsp3) is 0.533. The Morgan fingerprint density at radius 3 is 2.58 bits per heavy atom. The van der Waals surface area contributed by atoms with E-state index in [2.05, 4.69) is 13.8 Å². The van der Waals surface area contributed by atoms with Gasteiger partial charge in [-0.25, -0.2) is 0 Å². The number of nitrogens with two attached hydrogens (primary N) is 1. The SMILES string of the molecule is COc1ccc(C(C)C)cc1C(=O)C1(CN)COC1. The first-order valence-corrected chi connectivity index (χ1v) is 6.54. The standard InChI is InChI=1S/C15H21NO3/c1-10(2)11-4-5-13(18-3)12(6-11)14(17)15(7-16)8-19-9-15/h4-6,10H,7-9,16H2,1-3H3. The number of ether oxygens (including phenoxy) is 2. The van der Waals surface area contributed by atoms with Crippen LogP contribution in [-0.2, 0) is 4.74 Å². The van der Waals surface area contributed by atoms with Crippen LogP contribution in [0.2, 0.25) is 0 Å². The van der Waals surface area contributed by atoms with Crippen LogP contribution < -0.4 is 10.5 Å². The van der Waals surface area contributed by atoms with E-state index in [-0.39, 0.29) is 5.78 Å². The number of methoxy groups -OCH3 is 1. The number of benzene rings is 1. The van der Waals surface area contributed by atoms with Crippen molar-refractivity contribution in [3.63, 3.8) is 0 Å². The van der Waals surface area contributed by atoms with Crippen molar-refractivity contribution in [1.29, 1.82) is 0 Å². The van der Waals surface area contributed by atoms with Crippen molar-refractivity contribution < 1.29 is 14.3 Å². The van der Waals surface area contributed by atoms with Gasteiger partial charge in [0.15, 0.2) is 5.78 Å². The number of hydrogen-bond acceptors (Lipinski definition) is 4. The molecule has 0 atom stereocenters. The van der Waals surface area contributed by atoms with Gasteiger partial charge in [-0.3, -0.25) is 4.79 Å². The minimum Gasteiger partial charge on any atom is -0.496 e. The molecule has 0 aliphatic carbocycles. The highest BCUT2D eigenvalue weighted by Crippen LogP contribution is 2.35. The first-order chi connectivity index (χ1) is 9.04. The van der Waals surface area contributed by atoms with Crippen molar-refractivity contribution in [3.05, 3.63) is 29.3 Å². The van der Waals surface area contributed by atoms with Crippen LogP contribution in [0.3, 0.4) is 0 Å². The summed E-state index contributed by atoms with van der Waals surface area (Å²) in [4.78, 5) is 12.7. The van der Waals surface area contributed by atoms with Crippen molar-refractivity contribution in [2.75, 3.05) is 26.9 Å². The van der Waals surface area contributed by atoms with Gasteiger partial charge in [-0.05, 0) is 23.6 Å². The first kappa shape index (κ1) is 14.0. The van der Waals surface area contributed by atoms with E-state index < -0.39 is 5.41 Å². The summed E-state index contributed by atoms with van der Waals surface area (Å²) < 4.78 is 10.5. The predicted octanol–water partition coefficient (Wildman–Crippen LogP) is 1.98. The number of ketones is 1. The van der Waals surface area contributed by atoms with Crippen LogP contribution in [0.25, 0.3) is 0 Å². The zero-order valence-corrected chi connectivity index (χ0v) is 11.7. The summed E-state index contributed by atoms with van der Waals surface area (Å²) in [6, 6.07) is 5.76. The highest BCUT2D eigenvalue weighted by molar-refractivity contribution is 6.03. The van der Waals surface area contributed by atoms with Gasteiger partial charge in [0.25, 0.3) is 0 Å². The Morgan fingerprint density at radius 1 is 1.47 bits per heavy atom. The van der Waals surface area contributed by atoms with Crippen LogP contribution >= 0.6 is 0 Å². The molecule has 1 aromatic rings. The Hall–Kier alpha value is -1.39. The van der Waals surface area contributed by atoms with Crippen molar-refractivity contribution in [1.82, 2.24) is 0 Å². The molecule has 1 heterocycles. The maximum atomic E-state index is 12.7. The second-order valence-electron chi connectivity index (χ2n) is 5.42. The minimum absolute atomic E-state index is 0.0283. The third-order valence-corrected chi connectivity index (χ3v) is 3.76. The average molecular weight is 263 g/mol. The summed E-state index contributed by atoms with van der Waals surface area (Å²) in [6.07, 6.45) is 0. The summed E-state index contributed by atoms with van der Waals surface area (Å²) in [7, 11) is 1.58. The quantitative estimate of drug-likeness (QED) is 0.825. The molecule has 1 aliphatic heterocycles. The summed E-state index contributed by atoms with van der Waals surface area (Å²) in [6.45, 7) is 5.30. The Balaban J connectivity index is 2.41.